The van der Waals surface area contributed by atoms with Gasteiger partial charge < -0.3 is 5.11 Å². The number of hydrogen-bond donors (Lipinski definition) is 1. The molecule has 1 aromatic rings. The van der Waals surface area contributed by atoms with Crippen molar-refractivity contribution in [3.05, 3.63) is 83.3 Å². The van der Waals surface area contributed by atoms with E-state index in [1.165, 1.54) is 12.2 Å². The molecule has 0 spiro atoms. The SMILES string of the molecule is C=C(F)/C=C\C=C1\CC(CC(=O)O)C2CCC(n3nnc(CC4=CC=C(F)CC=C4)c3C)CN2C1.CC.CC. The Morgan fingerprint density at radius 2 is 1.97 bits per heavy atom. The van der Waals surface area contributed by atoms with Crippen molar-refractivity contribution in [1.82, 2.24) is 19.9 Å². The normalized spacial score (nSPS) is 24.0. The summed E-state index contributed by atoms with van der Waals surface area (Å²) in [6.07, 6.45) is 15.4. The number of allylic oxidation sites excluding steroid dienone is 10. The maximum Gasteiger partial charge on any atom is 0.303 e. The summed E-state index contributed by atoms with van der Waals surface area (Å²) in [6, 6.07) is 0.334. The number of piperidine rings is 2. The van der Waals surface area contributed by atoms with Crippen molar-refractivity contribution in [2.24, 2.45) is 5.92 Å². The number of hydrogen-bond acceptors (Lipinski definition) is 4. The molecule has 3 atom stereocenters. The summed E-state index contributed by atoms with van der Waals surface area (Å²) in [5.74, 6) is -1.44. The van der Waals surface area contributed by atoms with Gasteiger partial charge in [0, 0.05) is 38.4 Å². The number of carbonyl (C=O) groups is 1. The number of aromatic nitrogens is 3. The van der Waals surface area contributed by atoms with Gasteiger partial charge in [-0.15, -0.1) is 5.10 Å². The van der Waals surface area contributed by atoms with Crippen molar-refractivity contribution in [2.45, 2.75) is 85.2 Å². The molecule has 39 heavy (non-hydrogen) atoms. The van der Waals surface area contributed by atoms with E-state index in [2.05, 4.69) is 21.8 Å². The molecule has 1 N–H and O–H groups in total. The van der Waals surface area contributed by atoms with Crippen LogP contribution in [0.4, 0.5) is 8.78 Å². The van der Waals surface area contributed by atoms with Crippen LogP contribution in [0.5, 0.6) is 0 Å². The molecule has 0 aromatic carbocycles. The third-order valence-electron chi connectivity index (χ3n) is 7.09. The van der Waals surface area contributed by atoms with Crippen LogP contribution in [0.2, 0.25) is 0 Å². The fourth-order valence-corrected chi connectivity index (χ4v) is 5.44. The first-order valence-electron chi connectivity index (χ1n) is 14.1. The fourth-order valence-electron chi connectivity index (χ4n) is 5.44. The molecule has 2 aliphatic heterocycles. The van der Waals surface area contributed by atoms with E-state index in [0.29, 0.717) is 19.3 Å². The first-order chi connectivity index (χ1) is 18.8. The molecule has 2 fully saturated rings. The molecule has 0 bridgehead atoms. The molecule has 3 aliphatic rings. The monoisotopic (exact) mass is 542 g/mol. The zero-order valence-electron chi connectivity index (χ0n) is 24.0. The van der Waals surface area contributed by atoms with Crippen LogP contribution in [0, 0.1) is 12.8 Å². The Morgan fingerprint density at radius 1 is 1.23 bits per heavy atom. The van der Waals surface area contributed by atoms with Crippen LogP contribution in [0.25, 0.3) is 0 Å². The lowest BCUT2D eigenvalue weighted by Gasteiger charge is -2.47. The van der Waals surface area contributed by atoms with Crippen LogP contribution in [0.3, 0.4) is 0 Å². The highest BCUT2D eigenvalue weighted by Gasteiger charge is 2.39. The molecular weight excluding hydrogens is 498 g/mol. The van der Waals surface area contributed by atoms with Crippen molar-refractivity contribution in [2.75, 3.05) is 13.1 Å². The average molecular weight is 543 g/mol. The van der Waals surface area contributed by atoms with E-state index in [4.69, 9.17) is 0 Å². The van der Waals surface area contributed by atoms with Crippen LogP contribution in [-0.4, -0.2) is 50.1 Å². The van der Waals surface area contributed by atoms with Crippen LogP contribution < -0.4 is 0 Å². The Hall–Kier alpha value is -3.13. The highest BCUT2D eigenvalue weighted by Crippen LogP contribution is 2.38. The summed E-state index contributed by atoms with van der Waals surface area (Å²) in [5, 5.41) is 18.4. The van der Waals surface area contributed by atoms with Crippen molar-refractivity contribution >= 4 is 5.97 Å². The first kappa shape index (κ1) is 32.1. The molecule has 6 nitrogen and oxygen atoms in total. The molecule has 2 saturated heterocycles. The van der Waals surface area contributed by atoms with Gasteiger partial charge in [0.05, 0.1) is 17.4 Å². The van der Waals surface area contributed by atoms with Gasteiger partial charge in [0.15, 0.2) is 0 Å². The summed E-state index contributed by atoms with van der Waals surface area (Å²) >= 11 is 0. The quantitative estimate of drug-likeness (QED) is 0.364. The van der Waals surface area contributed by atoms with Crippen LogP contribution in [0.15, 0.2) is 71.9 Å². The fraction of sp³-hybridized carbons (Fsp3) is 0.516. The molecule has 0 radical (unpaired) electrons. The van der Waals surface area contributed by atoms with Crippen molar-refractivity contribution in [1.29, 1.82) is 0 Å². The van der Waals surface area contributed by atoms with Crippen LogP contribution in [0.1, 0.15) is 77.2 Å². The number of carboxylic acids is 1. The van der Waals surface area contributed by atoms with Gasteiger partial charge in [-0.1, -0.05) is 75.4 Å². The largest absolute Gasteiger partial charge is 0.481 e. The second kappa shape index (κ2) is 16.1. The lowest BCUT2D eigenvalue weighted by atomic mass is 9.79. The molecule has 214 valence electrons. The molecule has 4 rings (SSSR count). The zero-order chi connectivity index (χ0) is 28.9. The number of carboxylic acid groups (broad SMARTS) is 1. The van der Waals surface area contributed by atoms with Crippen molar-refractivity contribution in [3.63, 3.8) is 0 Å². The number of nitrogens with zero attached hydrogens (tertiary/aromatic N) is 4. The van der Waals surface area contributed by atoms with Gasteiger partial charge in [-0.05, 0) is 49.8 Å². The molecular formula is C31H44F2N4O2. The van der Waals surface area contributed by atoms with Gasteiger partial charge in [0.2, 0.25) is 0 Å². The summed E-state index contributed by atoms with van der Waals surface area (Å²) in [5.41, 5.74) is 3.95. The Bertz CT molecular complexity index is 1130. The van der Waals surface area contributed by atoms with Crippen molar-refractivity contribution in [3.8, 4) is 0 Å². The van der Waals surface area contributed by atoms with E-state index in [1.807, 2.05) is 57.5 Å². The van der Waals surface area contributed by atoms with E-state index in [1.54, 1.807) is 12.2 Å². The maximum atomic E-state index is 13.5. The number of aliphatic carboxylic acids is 1. The van der Waals surface area contributed by atoms with Crippen LogP contribution in [-0.2, 0) is 11.2 Å². The smallest absolute Gasteiger partial charge is 0.303 e. The predicted octanol–water partition coefficient (Wildman–Crippen LogP) is 7.39. The highest BCUT2D eigenvalue weighted by molar-refractivity contribution is 5.67. The van der Waals surface area contributed by atoms with Gasteiger partial charge in [-0.2, -0.15) is 0 Å². The Kier molecular flexibility index (Phi) is 13.2. The number of rotatable bonds is 7. The van der Waals surface area contributed by atoms with Gasteiger partial charge in [0.25, 0.3) is 0 Å². The molecule has 3 heterocycles. The zero-order valence-corrected chi connectivity index (χ0v) is 24.0. The molecule has 0 saturated carbocycles. The third kappa shape index (κ3) is 9.24. The molecule has 1 aliphatic carbocycles. The first-order valence-corrected chi connectivity index (χ1v) is 14.1. The van der Waals surface area contributed by atoms with E-state index in [0.717, 1.165) is 48.5 Å². The summed E-state index contributed by atoms with van der Waals surface area (Å²) in [4.78, 5) is 13.9. The Labute approximate surface area is 232 Å². The minimum Gasteiger partial charge on any atom is -0.481 e. The molecule has 0 amide bonds. The standard InChI is InChI=1S/C27H32F2N4O2.2C2H6/c1-18(28)5-3-7-21-13-22(15-27(34)35)26-12-11-24(17-32(26)16-21)33-19(2)25(30-31-33)14-20-6-4-8-23(29)10-9-20;2*1-2/h3-7,9-10,22,24,26H,1,8,11-17H2,2H3,(H,34,35);2*1-2H3/b5-3-,21-7-;;. The lowest BCUT2D eigenvalue weighted by Crippen LogP contribution is -2.52. The lowest BCUT2D eigenvalue weighted by molar-refractivity contribution is -0.139. The van der Waals surface area contributed by atoms with Gasteiger partial charge in [-0.25, -0.2) is 13.5 Å². The highest BCUT2D eigenvalue weighted by atomic mass is 19.1. The second-order valence-corrected chi connectivity index (χ2v) is 9.63. The molecule has 8 heteroatoms. The molecule has 3 unspecified atom stereocenters. The van der Waals surface area contributed by atoms with Gasteiger partial charge in [-0.3, -0.25) is 9.69 Å². The van der Waals surface area contributed by atoms with E-state index >= 15 is 0 Å². The third-order valence-corrected chi connectivity index (χ3v) is 7.09. The van der Waals surface area contributed by atoms with Crippen LogP contribution >= 0.6 is 0 Å². The predicted molar refractivity (Wildman–Crippen MR) is 154 cm³/mol. The van der Waals surface area contributed by atoms with Gasteiger partial charge in [0.1, 0.15) is 11.7 Å². The summed E-state index contributed by atoms with van der Waals surface area (Å²) in [7, 11) is 0. The van der Waals surface area contributed by atoms with E-state index in [-0.39, 0.29) is 30.2 Å². The topological polar surface area (TPSA) is 71.2 Å². The summed E-state index contributed by atoms with van der Waals surface area (Å²) in [6.45, 7) is 14.7. The molecule has 1 aromatic heterocycles. The summed E-state index contributed by atoms with van der Waals surface area (Å²) < 4.78 is 28.5. The van der Waals surface area contributed by atoms with Crippen molar-refractivity contribution < 1.29 is 18.7 Å². The second-order valence-electron chi connectivity index (χ2n) is 9.63. The minimum absolute atomic E-state index is 0.0187. The average Bonchev–Trinajstić information content (AvgIpc) is 3.14. The minimum atomic E-state index is -0.792. The van der Waals surface area contributed by atoms with E-state index in [9.17, 15) is 18.7 Å². The number of halogens is 2. The van der Waals surface area contributed by atoms with Gasteiger partial charge >= 0.3 is 5.97 Å². The maximum absolute atomic E-state index is 13.5. The Balaban J connectivity index is 0.00000127. The van der Waals surface area contributed by atoms with E-state index < -0.39 is 11.8 Å². The Morgan fingerprint density at radius 3 is 2.67 bits per heavy atom. The number of fused-ring (bicyclic) bond motifs is 1.